The summed E-state index contributed by atoms with van der Waals surface area (Å²) in [5, 5.41) is 4.72. The Morgan fingerprint density at radius 1 is 1.14 bits per heavy atom. The van der Waals surface area contributed by atoms with Gasteiger partial charge in [-0.3, -0.25) is 14.4 Å². The molecule has 0 aromatic heterocycles. The summed E-state index contributed by atoms with van der Waals surface area (Å²) in [6, 6.07) is 0. The molecule has 0 unspecified atom stereocenters. The standard InChI is InChI=1S/C8H15N3O3/c1-10-8(14)5-11-7(13)3-2-6(12)4-9/h2-5,9H2,1H3,(H,10,14)(H,11,13). The van der Waals surface area contributed by atoms with Crippen molar-refractivity contribution < 1.29 is 14.4 Å². The minimum absolute atomic E-state index is 0.0529. The summed E-state index contributed by atoms with van der Waals surface area (Å²) in [5.41, 5.74) is 5.06. The second-order valence-electron chi connectivity index (χ2n) is 2.69. The summed E-state index contributed by atoms with van der Waals surface area (Å²) in [4.78, 5) is 32.4. The number of carbonyl (C=O) groups excluding carboxylic acids is 3. The van der Waals surface area contributed by atoms with Gasteiger partial charge in [0.2, 0.25) is 11.8 Å². The maximum atomic E-state index is 11.0. The Morgan fingerprint density at radius 2 is 1.79 bits per heavy atom. The van der Waals surface area contributed by atoms with Gasteiger partial charge in [0.15, 0.2) is 0 Å². The number of Topliss-reactive ketones (excluding diaryl/α,β-unsaturated/α-hetero) is 1. The van der Waals surface area contributed by atoms with E-state index in [4.69, 9.17) is 5.73 Å². The number of amides is 2. The molecule has 0 aliphatic heterocycles. The fourth-order valence-electron chi connectivity index (χ4n) is 0.711. The first kappa shape index (κ1) is 12.6. The highest BCUT2D eigenvalue weighted by atomic mass is 16.2. The quantitative estimate of drug-likeness (QED) is 0.470. The van der Waals surface area contributed by atoms with E-state index < -0.39 is 0 Å². The van der Waals surface area contributed by atoms with Crippen LogP contribution < -0.4 is 16.4 Å². The lowest BCUT2D eigenvalue weighted by Crippen LogP contribution is -2.35. The summed E-state index contributed by atoms with van der Waals surface area (Å²) < 4.78 is 0. The Bertz CT molecular complexity index is 206. The molecule has 0 saturated heterocycles. The van der Waals surface area contributed by atoms with E-state index in [2.05, 4.69) is 10.6 Å². The van der Waals surface area contributed by atoms with E-state index in [0.29, 0.717) is 0 Å². The van der Waals surface area contributed by atoms with E-state index in [9.17, 15) is 14.4 Å². The van der Waals surface area contributed by atoms with Gasteiger partial charge in [0.1, 0.15) is 5.78 Å². The normalized spacial score (nSPS) is 9.29. The molecule has 0 aromatic carbocycles. The van der Waals surface area contributed by atoms with Crippen molar-refractivity contribution in [3.63, 3.8) is 0 Å². The fourth-order valence-corrected chi connectivity index (χ4v) is 0.711. The first-order valence-electron chi connectivity index (χ1n) is 4.29. The molecule has 6 heteroatoms. The molecule has 2 amide bonds. The maximum Gasteiger partial charge on any atom is 0.239 e. The van der Waals surface area contributed by atoms with Gasteiger partial charge < -0.3 is 16.4 Å². The van der Waals surface area contributed by atoms with Crippen molar-refractivity contribution in [1.29, 1.82) is 0 Å². The number of rotatable bonds is 6. The van der Waals surface area contributed by atoms with Crippen molar-refractivity contribution in [2.45, 2.75) is 12.8 Å². The molecule has 14 heavy (non-hydrogen) atoms. The molecule has 0 heterocycles. The van der Waals surface area contributed by atoms with E-state index >= 15 is 0 Å². The lowest BCUT2D eigenvalue weighted by Gasteiger charge is -2.02. The SMILES string of the molecule is CNC(=O)CNC(=O)CCC(=O)CN. The van der Waals surface area contributed by atoms with Crippen molar-refractivity contribution in [3.8, 4) is 0 Å². The van der Waals surface area contributed by atoms with Crippen LogP contribution in [-0.2, 0) is 14.4 Å². The van der Waals surface area contributed by atoms with Gasteiger partial charge in [-0.25, -0.2) is 0 Å². The third-order valence-electron chi connectivity index (χ3n) is 1.58. The van der Waals surface area contributed by atoms with Crippen LogP contribution in [0, 0.1) is 0 Å². The Balaban J connectivity index is 3.56. The van der Waals surface area contributed by atoms with Gasteiger partial charge in [0.25, 0.3) is 0 Å². The summed E-state index contributed by atoms with van der Waals surface area (Å²) >= 11 is 0. The Morgan fingerprint density at radius 3 is 2.29 bits per heavy atom. The summed E-state index contributed by atoms with van der Waals surface area (Å²) in [6.45, 7) is -0.116. The Hall–Kier alpha value is -1.43. The van der Waals surface area contributed by atoms with Crippen LogP contribution in [0.15, 0.2) is 0 Å². The maximum absolute atomic E-state index is 11.0. The number of nitrogens with two attached hydrogens (primary N) is 1. The molecular weight excluding hydrogens is 186 g/mol. The van der Waals surface area contributed by atoms with Crippen LogP contribution >= 0.6 is 0 Å². The van der Waals surface area contributed by atoms with Crippen molar-refractivity contribution in [3.05, 3.63) is 0 Å². The number of hydrogen-bond acceptors (Lipinski definition) is 4. The highest BCUT2D eigenvalue weighted by molar-refractivity contribution is 5.88. The third-order valence-corrected chi connectivity index (χ3v) is 1.58. The minimum atomic E-state index is -0.324. The van der Waals surface area contributed by atoms with Crippen LogP contribution in [0.4, 0.5) is 0 Å². The van der Waals surface area contributed by atoms with Crippen LogP contribution in [0.3, 0.4) is 0 Å². The van der Waals surface area contributed by atoms with Crippen molar-refractivity contribution in [2.24, 2.45) is 5.73 Å². The molecule has 0 saturated carbocycles. The molecule has 0 atom stereocenters. The highest BCUT2D eigenvalue weighted by Gasteiger charge is 2.06. The number of hydrogen-bond donors (Lipinski definition) is 3. The predicted octanol–water partition coefficient (Wildman–Crippen LogP) is -1.84. The molecule has 0 rings (SSSR count). The molecule has 0 spiro atoms. The largest absolute Gasteiger partial charge is 0.358 e. The smallest absolute Gasteiger partial charge is 0.239 e. The van der Waals surface area contributed by atoms with Crippen molar-refractivity contribution in [2.75, 3.05) is 20.1 Å². The minimum Gasteiger partial charge on any atom is -0.358 e. The average Bonchev–Trinajstić information content (AvgIpc) is 2.22. The van der Waals surface area contributed by atoms with Gasteiger partial charge in [0.05, 0.1) is 13.1 Å². The van der Waals surface area contributed by atoms with E-state index in [-0.39, 0.29) is 43.5 Å². The first-order chi connectivity index (χ1) is 6.60. The lowest BCUT2D eigenvalue weighted by molar-refractivity contribution is -0.127. The zero-order valence-corrected chi connectivity index (χ0v) is 8.13. The van der Waals surface area contributed by atoms with Gasteiger partial charge in [-0.15, -0.1) is 0 Å². The van der Waals surface area contributed by atoms with E-state index in [0.717, 1.165) is 0 Å². The average molecular weight is 201 g/mol. The summed E-state index contributed by atoms with van der Waals surface area (Å²) in [5.74, 6) is -0.765. The molecule has 0 aliphatic rings. The zero-order chi connectivity index (χ0) is 11.0. The number of likely N-dealkylation sites (N-methyl/N-ethyl adjacent to an activating group) is 1. The van der Waals surface area contributed by atoms with Crippen LogP contribution in [0.25, 0.3) is 0 Å². The Labute approximate surface area is 82.2 Å². The van der Waals surface area contributed by atoms with Gasteiger partial charge in [0, 0.05) is 19.9 Å². The summed E-state index contributed by atoms with van der Waals surface area (Å²) in [6.07, 6.45) is 0.198. The lowest BCUT2D eigenvalue weighted by atomic mass is 10.2. The third kappa shape index (κ3) is 6.13. The fraction of sp³-hybridized carbons (Fsp3) is 0.625. The number of ketones is 1. The van der Waals surface area contributed by atoms with E-state index in [1.807, 2.05) is 0 Å². The van der Waals surface area contributed by atoms with Gasteiger partial charge in [-0.05, 0) is 0 Å². The topological polar surface area (TPSA) is 101 Å². The van der Waals surface area contributed by atoms with E-state index in [1.54, 1.807) is 0 Å². The van der Waals surface area contributed by atoms with Crippen LogP contribution in [0.5, 0.6) is 0 Å². The second-order valence-corrected chi connectivity index (χ2v) is 2.69. The molecule has 0 aromatic rings. The molecule has 0 bridgehead atoms. The molecule has 4 N–H and O–H groups in total. The molecular formula is C8H15N3O3. The van der Waals surface area contributed by atoms with Crippen molar-refractivity contribution in [1.82, 2.24) is 10.6 Å². The van der Waals surface area contributed by atoms with Crippen molar-refractivity contribution >= 4 is 17.6 Å². The number of carbonyl (C=O) groups is 3. The molecule has 0 radical (unpaired) electrons. The van der Waals surface area contributed by atoms with Gasteiger partial charge in [-0.1, -0.05) is 0 Å². The van der Waals surface area contributed by atoms with Crippen LogP contribution in [0.2, 0.25) is 0 Å². The Kier molecular flexibility index (Phi) is 6.30. The highest BCUT2D eigenvalue weighted by Crippen LogP contribution is 1.89. The molecule has 80 valence electrons. The van der Waals surface area contributed by atoms with Crippen LogP contribution in [-0.4, -0.2) is 37.7 Å². The van der Waals surface area contributed by atoms with Crippen LogP contribution in [0.1, 0.15) is 12.8 Å². The van der Waals surface area contributed by atoms with Gasteiger partial charge in [-0.2, -0.15) is 0 Å². The number of nitrogens with one attached hydrogen (secondary N) is 2. The van der Waals surface area contributed by atoms with E-state index in [1.165, 1.54) is 7.05 Å². The second kappa shape index (κ2) is 7.02. The van der Waals surface area contributed by atoms with Gasteiger partial charge >= 0.3 is 0 Å². The molecule has 6 nitrogen and oxygen atoms in total. The first-order valence-corrected chi connectivity index (χ1v) is 4.29. The molecule has 0 aliphatic carbocycles. The zero-order valence-electron chi connectivity index (χ0n) is 8.13. The molecule has 0 fully saturated rings. The monoisotopic (exact) mass is 201 g/mol. The summed E-state index contributed by atoms with van der Waals surface area (Å²) in [7, 11) is 1.48. The predicted molar refractivity (Wildman–Crippen MR) is 50.4 cm³/mol.